The second-order valence-corrected chi connectivity index (χ2v) is 6.33. The van der Waals surface area contributed by atoms with Crippen LogP contribution in [-0.2, 0) is 0 Å². The van der Waals surface area contributed by atoms with Crippen LogP contribution >= 0.6 is 11.8 Å². The molecule has 2 N–H and O–H groups in total. The Bertz CT molecular complexity index is 462. The lowest BCUT2D eigenvalue weighted by Crippen LogP contribution is -2.04. The maximum absolute atomic E-state index is 5.85. The second-order valence-electron chi connectivity index (χ2n) is 5.18. The molecule has 0 aliphatic carbocycles. The summed E-state index contributed by atoms with van der Waals surface area (Å²) in [5.41, 5.74) is 8.42. The Labute approximate surface area is 120 Å². The largest absolute Gasteiger partial charge is 0.324 e. The third-order valence-corrected chi connectivity index (χ3v) is 4.20. The summed E-state index contributed by atoms with van der Waals surface area (Å²) >= 11 is 1.79. The van der Waals surface area contributed by atoms with Gasteiger partial charge in [-0.25, -0.2) is 0 Å². The highest BCUT2D eigenvalue weighted by Gasteiger charge is 2.02. The summed E-state index contributed by atoms with van der Waals surface area (Å²) in [6.07, 6.45) is 0. The number of hydrogen-bond donors (Lipinski definition) is 1. The molecule has 0 amide bonds. The first-order valence-electron chi connectivity index (χ1n) is 6.69. The molecule has 100 valence electrons. The normalized spacial score (nSPS) is 12.7. The van der Waals surface area contributed by atoms with Gasteiger partial charge in [-0.1, -0.05) is 49.9 Å². The topological polar surface area (TPSA) is 26.0 Å². The molecule has 2 heteroatoms. The summed E-state index contributed by atoms with van der Waals surface area (Å²) in [5.74, 6) is 0.587. The molecule has 0 aliphatic rings. The number of nitrogens with two attached hydrogens (primary N) is 1. The predicted octanol–water partition coefficient (Wildman–Crippen LogP) is 4.98. The summed E-state index contributed by atoms with van der Waals surface area (Å²) < 4.78 is 0. The standard InChI is InChI=1S/C17H21NS/c1-12(2)14-4-8-16(9-5-14)19-17-10-6-15(7-11-17)13(3)18/h4-13H,18H2,1-3H3/t13-/m1/s1. The summed E-state index contributed by atoms with van der Waals surface area (Å²) in [6, 6.07) is 17.4. The van der Waals surface area contributed by atoms with Crippen molar-refractivity contribution in [2.24, 2.45) is 5.73 Å². The van der Waals surface area contributed by atoms with Crippen molar-refractivity contribution in [2.45, 2.75) is 42.5 Å². The molecule has 0 unspecified atom stereocenters. The highest BCUT2D eigenvalue weighted by molar-refractivity contribution is 7.99. The van der Waals surface area contributed by atoms with Gasteiger partial charge in [-0.05, 0) is 48.2 Å². The van der Waals surface area contributed by atoms with Gasteiger partial charge in [0, 0.05) is 15.8 Å². The van der Waals surface area contributed by atoms with E-state index in [1.165, 1.54) is 20.9 Å². The van der Waals surface area contributed by atoms with Crippen molar-refractivity contribution in [3.05, 3.63) is 59.7 Å². The zero-order valence-electron chi connectivity index (χ0n) is 11.8. The molecular weight excluding hydrogens is 250 g/mol. The summed E-state index contributed by atoms with van der Waals surface area (Å²) in [5, 5.41) is 0. The number of hydrogen-bond acceptors (Lipinski definition) is 2. The van der Waals surface area contributed by atoms with Crippen LogP contribution in [0.4, 0.5) is 0 Å². The Morgan fingerprint density at radius 1 is 0.737 bits per heavy atom. The van der Waals surface area contributed by atoms with Crippen molar-refractivity contribution in [2.75, 3.05) is 0 Å². The molecule has 0 heterocycles. The Morgan fingerprint density at radius 3 is 1.53 bits per heavy atom. The van der Waals surface area contributed by atoms with Crippen molar-refractivity contribution in [3.63, 3.8) is 0 Å². The van der Waals surface area contributed by atoms with E-state index in [1.807, 2.05) is 6.92 Å². The predicted molar refractivity (Wildman–Crippen MR) is 83.7 cm³/mol. The molecular formula is C17H21NS. The summed E-state index contributed by atoms with van der Waals surface area (Å²) in [4.78, 5) is 2.53. The zero-order chi connectivity index (χ0) is 13.8. The van der Waals surface area contributed by atoms with E-state index < -0.39 is 0 Å². The van der Waals surface area contributed by atoms with Gasteiger partial charge in [-0.3, -0.25) is 0 Å². The van der Waals surface area contributed by atoms with E-state index in [9.17, 15) is 0 Å². The van der Waals surface area contributed by atoms with E-state index in [2.05, 4.69) is 62.4 Å². The van der Waals surface area contributed by atoms with Crippen molar-refractivity contribution in [3.8, 4) is 0 Å². The molecule has 2 rings (SSSR count). The molecule has 0 radical (unpaired) electrons. The third-order valence-electron chi connectivity index (χ3n) is 3.19. The minimum absolute atomic E-state index is 0.101. The van der Waals surface area contributed by atoms with Gasteiger partial charge in [-0.2, -0.15) is 0 Å². The molecule has 0 aliphatic heterocycles. The van der Waals surface area contributed by atoms with Crippen molar-refractivity contribution in [1.82, 2.24) is 0 Å². The van der Waals surface area contributed by atoms with Crippen molar-refractivity contribution < 1.29 is 0 Å². The molecule has 0 spiro atoms. The van der Waals surface area contributed by atoms with Gasteiger partial charge in [0.2, 0.25) is 0 Å². The van der Waals surface area contributed by atoms with Crippen LogP contribution in [-0.4, -0.2) is 0 Å². The van der Waals surface area contributed by atoms with E-state index in [1.54, 1.807) is 11.8 Å². The first kappa shape index (κ1) is 14.2. The maximum atomic E-state index is 5.85. The van der Waals surface area contributed by atoms with Crippen LogP contribution in [0.2, 0.25) is 0 Å². The van der Waals surface area contributed by atoms with E-state index in [-0.39, 0.29) is 6.04 Å². The van der Waals surface area contributed by atoms with Crippen LogP contribution in [0.1, 0.15) is 43.9 Å². The molecule has 0 bridgehead atoms. The fourth-order valence-electron chi connectivity index (χ4n) is 1.90. The van der Waals surface area contributed by atoms with Gasteiger partial charge in [0.1, 0.15) is 0 Å². The molecule has 0 aromatic heterocycles. The Morgan fingerprint density at radius 2 is 1.16 bits per heavy atom. The quantitative estimate of drug-likeness (QED) is 0.848. The second kappa shape index (κ2) is 6.27. The molecule has 2 aromatic rings. The van der Waals surface area contributed by atoms with Crippen LogP contribution in [0.5, 0.6) is 0 Å². The first-order valence-corrected chi connectivity index (χ1v) is 7.51. The van der Waals surface area contributed by atoms with Crippen LogP contribution in [0.25, 0.3) is 0 Å². The van der Waals surface area contributed by atoms with Crippen molar-refractivity contribution >= 4 is 11.8 Å². The monoisotopic (exact) mass is 271 g/mol. The lowest BCUT2D eigenvalue weighted by atomic mass is 10.0. The summed E-state index contributed by atoms with van der Waals surface area (Å²) in [7, 11) is 0. The average molecular weight is 271 g/mol. The number of rotatable bonds is 4. The Hall–Kier alpha value is -1.25. The zero-order valence-corrected chi connectivity index (χ0v) is 12.6. The van der Waals surface area contributed by atoms with Gasteiger partial charge in [0.25, 0.3) is 0 Å². The van der Waals surface area contributed by atoms with E-state index in [0.717, 1.165) is 0 Å². The van der Waals surface area contributed by atoms with E-state index in [4.69, 9.17) is 5.73 Å². The summed E-state index contributed by atoms with van der Waals surface area (Å²) in [6.45, 7) is 6.44. The lowest BCUT2D eigenvalue weighted by Gasteiger charge is -2.08. The molecule has 0 fully saturated rings. The highest BCUT2D eigenvalue weighted by Crippen LogP contribution is 2.29. The lowest BCUT2D eigenvalue weighted by molar-refractivity contribution is 0.817. The number of benzene rings is 2. The third kappa shape index (κ3) is 3.85. The molecule has 2 aromatic carbocycles. The maximum Gasteiger partial charge on any atom is 0.0266 e. The van der Waals surface area contributed by atoms with Gasteiger partial charge in [0.05, 0.1) is 0 Å². The van der Waals surface area contributed by atoms with Gasteiger partial charge >= 0.3 is 0 Å². The fraction of sp³-hybridized carbons (Fsp3) is 0.294. The minimum atomic E-state index is 0.101. The van der Waals surface area contributed by atoms with E-state index in [0.29, 0.717) is 5.92 Å². The molecule has 1 atom stereocenters. The van der Waals surface area contributed by atoms with Gasteiger partial charge < -0.3 is 5.73 Å². The Kier molecular flexibility index (Phi) is 4.67. The minimum Gasteiger partial charge on any atom is -0.324 e. The SMILES string of the molecule is CC(C)c1ccc(Sc2ccc([C@@H](C)N)cc2)cc1. The fourth-order valence-corrected chi connectivity index (χ4v) is 2.71. The van der Waals surface area contributed by atoms with Crippen LogP contribution in [0.3, 0.4) is 0 Å². The first-order chi connectivity index (χ1) is 9.06. The van der Waals surface area contributed by atoms with Gasteiger partial charge in [-0.15, -0.1) is 0 Å². The van der Waals surface area contributed by atoms with Crippen LogP contribution in [0.15, 0.2) is 58.3 Å². The van der Waals surface area contributed by atoms with Gasteiger partial charge in [0.15, 0.2) is 0 Å². The van der Waals surface area contributed by atoms with E-state index >= 15 is 0 Å². The molecule has 1 nitrogen and oxygen atoms in total. The van der Waals surface area contributed by atoms with Crippen molar-refractivity contribution in [1.29, 1.82) is 0 Å². The smallest absolute Gasteiger partial charge is 0.0266 e. The van der Waals surface area contributed by atoms with Crippen LogP contribution < -0.4 is 5.73 Å². The molecule has 0 saturated heterocycles. The molecule has 0 saturated carbocycles. The van der Waals surface area contributed by atoms with Crippen LogP contribution in [0, 0.1) is 0 Å². The Balaban J connectivity index is 2.08. The average Bonchev–Trinajstić information content (AvgIpc) is 2.40. The highest BCUT2D eigenvalue weighted by atomic mass is 32.2. The molecule has 19 heavy (non-hydrogen) atoms.